The third-order valence-electron chi connectivity index (χ3n) is 2.55. The minimum absolute atomic E-state index is 0.0601. The van der Waals surface area contributed by atoms with Gasteiger partial charge in [0.15, 0.2) is 0 Å². The first-order valence-corrected chi connectivity index (χ1v) is 5.76. The van der Waals surface area contributed by atoms with Gasteiger partial charge in [0, 0.05) is 0 Å². The number of carbonyl (C=O) groups is 2. The Morgan fingerprint density at radius 1 is 1.37 bits per heavy atom. The number of halogens is 1. The van der Waals surface area contributed by atoms with Gasteiger partial charge in [-0.1, -0.05) is 18.2 Å². The summed E-state index contributed by atoms with van der Waals surface area (Å²) in [5.74, 6) is -1.68. The van der Waals surface area contributed by atoms with Crippen molar-refractivity contribution in [1.82, 2.24) is 0 Å². The number of esters is 2. The summed E-state index contributed by atoms with van der Waals surface area (Å²) < 4.78 is 23.0. The standard InChI is InChI=1S/C13H16FNO4/c1-3-19-13(17)10(14)11(15)8-6-4-5-7-9(8)12(16)18-2/h4-7,10-11H,3,15H2,1-2H3/t10?,11-/m0/s1. The molecule has 1 aromatic carbocycles. The number of benzene rings is 1. The zero-order chi connectivity index (χ0) is 14.4. The van der Waals surface area contributed by atoms with Crippen LogP contribution < -0.4 is 5.73 Å². The fraction of sp³-hybridized carbons (Fsp3) is 0.385. The van der Waals surface area contributed by atoms with Gasteiger partial charge in [-0.2, -0.15) is 0 Å². The normalized spacial score (nSPS) is 13.5. The maximum Gasteiger partial charge on any atom is 0.342 e. The predicted octanol–water partition coefficient (Wildman–Crippen LogP) is 1.37. The molecule has 6 heteroatoms. The minimum Gasteiger partial charge on any atom is -0.465 e. The molecule has 19 heavy (non-hydrogen) atoms. The SMILES string of the molecule is CCOC(=O)C(F)[C@@H](N)c1ccccc1C(=O)OC. The molecule has 5 nitrogen and oxygen atoms in total. The smallest absolute Gasteiger partial charge is 0.342 e. The molecule has 0 saturated heterocycles. The van der Waals surface area contributed by atoms with Gasteiger partial charge in [-0.05, 0) is 18.6 Å². The van der Waals surface area contributed by atoms with E-state index in [2.05, 4.69) is 9.47 Å². The van der Waals surface area contributed by atoms with Crippen LogP contribution >= 0.6 is 0 Å². The molecule has 0 bridgehead atoms. The first kappa shape index (κ1) is 15.1. The van der Waals surface area contributed by atoms with Gasteiger partial charge in [-0.15, -0.1) is 0 Å². The lowest BCUT2D eigenvalue weighted by Gasteiger charge is -2.18. The minimum atomic E-state index is -2.04. The van der Waals surface area contributed by atoms with E-state index in [1.54, 1.807) is 19.1 Å². The Morgan fingerprint density at radius 2 is 2.00 bits per heavy atom. The molecule has 2 atom stereocenters. The largest absolute Gasteiger partial charge is 0.465 e. The summed E-state index contributed by atoms with van der Waals surface area (Å²) in [5, 5.41) is 0. The maximum atomic E-state index is 13.9. The van der Waals surface area contributed by atoms with Crippen molar-refractivity contribution in [1.29, 1.82) is 0 Å². The number of carbonyl (C=O) groups excluding carboxylic acids is 2. The van der Waals surface area contributed by atoms with E-state index in [4.69, 9.17) is 5.73 Å². The molecule has 0 radical (unpaired) electrons. The lowest BCUT2D eigenvalue weighted by Crippen LogP contribution is -2.32. The number of hydrogen-bond donors (Lipinski definition) is 1. The van der Waals surface area contributed by atoms with Crippen molar-refractivity contribution >= 4 is 11.9 Å². The molecule has 0 heterocycles. The van der Waals surface area contributed by atoms with Crippen LogP contribution in [0.5, 0.6) is 0 Å². The van der Waals surface area contributed by atoms with Crippen molar-refractivity contribution in [3.8, 4) is 0 Å². The number of methoxy groups -OCH3 is 1. The van der Waals surface area contributed by atoms with E-state index in [-0.39, 0.29) is 17.7 Å². The number of nitrogens with two attached hydrogens (primary N) is 1. The van der Waals surface area contributed by atoms with E-state index in [0.29, 0.717) is 0 Å². The highest BCUT2D eigenvalue weighted by atomic mass is 19.1. The van der Waals surface area contributed by atoms with Crippen molar-refractivity contribution in [2.45, 2.75) is 19.1 Å². The lowest BCUT2D eigenvalue weighted by atomic mass is 9.97. The highest BCUT2D eigenvalue weighted by Gasteiger charge is 2.30. The molecule has 1 aromatic rings. The Hall–Kier alpha value is -1.95. The van der Waals surface area contributed by atoms with Crippen LogP contribution in [0.15, 0.2) is 24.3 Å². The van der Waals surface area contributed by atoms with Gasteiger partial charge < -0.3 is 15.2 Å². The van der Waals surface area contributed by atoms with Gasteiger partial charge in [0.2, 0.25) is 6.17 Å². The number of hydrogen-bond acceptors (Lipinski definition) is 5. The van der Waals surface area contributed by atoms with Crippen LogP contribution in [-0.4, -0.2) is 31.8 Å². The van der Waals surface area contributed by atoms with Gasteiger partial charge in [0.1, 0.15) is 0 Å². The zero-order valence-electron chi connectivity index (χ0n) is 10.8. The monoisotopic (exact) mass is 269 g/mol. The second-order valence-electron chi connectivity index (χ2n) is 3.76. The van der Waals surface area contributed by atoms with E-state index in [1.807, 2.05) is 0 Å². The summed E-state index contributed by atoms with van der Waals surface area (Å²) in [6.45, 7) is 1.63. The summed E-state index contributed by atoms with van der Waals surface area (Å²) in [6, 6.07) is 4.84. The molecule has 0 amide bonds. The summed E-state index contributed by atoms with van der Waals surface area (Å²) in [5.41, 5.74) is 6.01. The first-order valence-electron chi connectivity index (χ1n) is 5.76. The fourth-order valence-electron chi connectivity index (χ4n) is 1.61. The fourth-order valence-corrected chi connectivity index (χ4v) is 1.61. The molecule has 0 aromatic heterocycles. The van der Waals surface area contributed by atoms with Crippen molar-refractivity contribution < 1.29 is 23.5 Å². The molecule has 1 rings (SSSR count). The van der Waals surface area contributed by atoms with Crippen LogP contribution in [0, 0.1) is 0 Å². The van der Waals surface area contributed by atoms with E-state index in [1.165, 1.54) is 19.2 Å². The van der Waals surface area contributed by atoms with Crippen LogP contribution in [0.4, 0.5) is 4.39 Å². The molecule has 0 aliphatic carbocycles. The van der Waals surface area contributed by atoms with E-state index in [0.717, 1.165) is 0 Å². The molecule has 104 valence electrons. The topological polar surface area (TPSA) is 78.6 Å². The Balaban J connectivity index is 3.02. The summed E-state index contributed by atoms with van der Waals surface area (Å²) in [6.07, 6.45) is -2.04. The molecule has 1 unspecified atom stereocenters. The quantitative estimate of drug-likeness (QED) is 0.817. The van der Waals surface area contributed by atoms with Gasteiger partial charge in [0.05, 0.1) is 25.3 Å². The Morgan fingerprint density at radius 3 is 2.58 bits per heavy atom. The van der Waals surface area contributed by atoms with Crippen LogP contribution in [0.2, 0.25) is 0 Å². The summed E-state index contributed by atoms with van der Waals surface area (Å²) >= 11 is 0. The molecule has 0 fully saturated rings. The summed E-state index contributed by atoms with van der Waals surface area (Å²) in [4.78, 5) is 22.9. The van der Waals surface area contributed by atoms with E-state index >= 15 is 0 Å². The average molecular weight is 269 g/mol. The third-order valence-corrected chi connectivity index (χ3v) is 2.55. The molecule has 0 aliphatic heterocycles. The second-order valence-corrected chi connectivity index (χ2v) is 3.76. The van der Waals surface area contributed by atoms with Gasteiger partial charge in [-0.3, -0.25) is 0 Å². The van der Waals surface area contributed by atoms with Crippen molar-refractivity contribution in [2.75, 3.05) is 13.7 Å². The second kappa shape index (κ2) is 6.84. The van der Waals surface area contributed by atoms with Gasteiger partial charge in [0.25, 0.3) is 0 Å². The lowest BCUT2D eigenvalue weighted by molar-refractivity contribution is -0.149. The third kappa shape index (κ3) is 3.51. The van der Waals surface area contributed by atoms with Crippen molar-refractivity contribution in [3.63, 3.8) is 0 Å². The average Bonchev–Trinajstić information content (AvgIpc) is 2.45. The Labute approximate surface area is 110 Å². The molecule has 0 aliphatic rings. The highest BCUT2D eigenvalue weighted by molar-refractivity contribution is 5.91. The molecular formula is C13H16FNO4. The van der Waals surface area contributed by atoms with E-state index in [9.17, 15) is 14.0 Å². The van der Waals surface area contributed by atoms with Crippen LogP contribution in [0.3, 0.4) is 0 Å². The molecule has 2 N–H and O–H groups in total. The number of ether oxygens (including phenoxy) is 2. The van der Waals surface area contributed by atoms with Crippen molar-refractivity contribution in [2.24, 2.45) is 5.73 Å². The summed E-state index contributed by atoms with van der Waals surface area (Å²) in [7, 11) is 1.21. The Kier molecular flexibility index (Phi) is 5.44. The maximum absolute atomic E-state index is 13.9. The van der Waals surface area contributed by atoms with Gasteiger partial charge in [-0.25, -0.2) is 14.0 Å². The van der Waals surface area contributed by atoms with Crippen LogP contribution in [-0.2, 0) is 14.3 Å². The van der Waals surface area contributed by atoms with Crippen LogP contribution in [0.1, 0.15) is 28.9 Å². The van der Waals surface area contributed by atoms with Crippen LogP contribution in [0.25, 0.3) is 0 Å². The zero-order valence-corrected chi connectivity index (χ0v) is 10.8. The molecular weight excluding hydrogens is 253 g/mol. The number of rotatable bonds is 5. The molecule has 0 saturated carbocycles. The first-order chi connectivity index (χ1) is 9.02. The molecule has 0 spiro atoms. The number of alkyl halides is 1. The van der Waals surface area contributed by atoms with Gasteiger partial charge >= 0.3 is 11.9 Å². The predicted molar refractivity (Wildman–Crippen MR) is 66.2 cm³/mol. The Bertz CT molecular complexity index is 464. The van der Waals surface area contributed by atoms with Crippen molar-refractivity contribution in [3.05, 3.63) is 35.4 Å². The van der Waals surface area contributed by atoms with E-state index < -0.39 is 24.2 Å². The highest BCUT2D eigenvalue weighted by Crippen LogP contribution is 2.22.